The Hall–Kier alpha value is 0.287. The number of nitrogens with zero attached hydrogens (tertiary/aromatic N) is 1. The summed E-state index contributed by atoms with van der Waals surface area (Å²) in [5.41, 5.74) is 1.64. The maximum absolute atomic E-state index is 6.10. The Balaban J connectivity index is 2.72. The van der Waals surface area contributed by atoms with Crippen LogP contribution in [-0.4, -0.2) is 14.7 Å². The third-order valence-electron chi connectivity index (χ3n) is 1.94. The van der Waals surface area contributed by atoms with Crippen LogP contribution in [0, 0.1) is 0 Å². The van der Waals surface area contributed by atoms with Crippen LogP contribution in [0.25, 0.3) is 0 Å². The van der Waals surface area contributed by atoms with Gasteiger partial charge in [-0.15, -0.1) is 11.3 Å². The maximum atomic E-state index is 6.10. The predicted molar refractivity (Wildman–Crippen MR) is 72.2 cm³/mol. The Morgan fingerprint density at radius 2 is 1.93 bits per heavy atom. The Kier molecular flexibility index (Phi) is 4.14. The van der Waals surface area contributed by atoms with Crippen LogP contribution in [0.5, 0.6) is 0 Å². The number of halogens is 1. The van der Waals surface area contributed by atoms with Crippen molar-refractivity contribution in [3.63, 3.8) is 0 Å². The number of aromatic nitrogens is 1. The standard InChI is InChI=1S/C10H18BrNOSSi/c1-9(2,3)15-13-10(4,5)7-8(11)12-6-14-7/h6H,15H2,1-5H3. The first-order valence-corrected chi connectivity index (χ1v) is 7.91. The third kappa shape index (κ3) is 3.98. The van der Waals surface area contributed by atoms with Gasteiger partial charge in [0.1, 0.15) is 4.60 Å². The zero-order chi connectivity index (χ0) is 11.7. The molecule has 1 rings (SSSR count). The molecule has 1 aromatic heterocycles. The van der Waals surface area contributed by atoms with E-state index in [1.54, 1.807) is 11.3 Å². The van der Waals surface area contributed by atoms with Crippen LogP contribution in [0.1, 0.15) is 39.5 Å². The zero-order valence-electron chi connectivity index (χ0n) is 9.93. The van der Waals surface area contributed by atoms with Gasteiger partial charge in [0.25, 0.3) is 0 Å². The molecule has 0 aliphatic rings. The Labute approximate surface area is 107 Å². The van der Waals surface area contributed by atoms with Crippen molar-refractivity contribution in [3.05, 3.63) is 15.0 Å². The molecule has 0 saturated carbocycles. The van der Waals surface area contributed by atoms with Crippen molar-refractivity contribution in [2.24, 2.45) is 0 Å². The summed E-state index contributed by atoms with van der Waals surface area (Å²) >= 11 is 5.10. The average molecular weight is 308 g/mol. The van der Waals surface area contributed by atoms with Crippen molar-refractivity contribution >= 4 is 37.0 Å². The molecule has 0 radical (unpaired) electrons. The highest BCUT2D eigenvalue weighted by Gasteiger charge is 2.28. The van der Waals surface area contributed by atoms with Gasteiger partial charge in [0.05, 0.1) is 16.0 Å². The lowest BCUT2D eigenvalue weighted by Gasteiger charge is -2.29. The first-order valence-electron chi connectivity index (χ1n) is 4.96. The lowest BCUT2D eigenvalue weighted by molar-refractivity contribution is 0.112. The van der Waals surface area contributed by atoms with E-state index < -0.39 is 9.76 Å². The molecule has 5 heteroatoms. The van der Waals surface area contributed by atoms with Gasteiger partial charge in [-0.1, -0.05) is 20.8 Å². The van der Waals surface area contributed by atoms with E-state index in [0.717, 1.165) is 4.60 Å². The quantitative estimate of drug-likeness (QED) is 0.798. The molecule has 0 unspecified atom stereocenters. The van der Waals surface area contributed by atoms with Crippen molar-refractivity contribution in [1.29, 1.82) is 0 Å². The molecule has 1 aromatic rings. The average Bonchev–Trinajstić information content (AvgIpc) is 2.47. The highest BCUT2D eigenvalue weighted by atomic mass is 79.9. The van der Waals surface area contributed by atoms with Crippen LogP contribution >= 0.6 is 27.3 Å². The second-order valence-electron chi connectivity index (χ2n) is 5.33. The molecule has 0 bridgehead atoms. The van der Waals surface area contributed by atoms with Crippen LogP contribution in [-0.2, 0) is 10.0 Å². The molecular weight excluding hydrogens is 290 g/mol. The van der Waals surface area contributed by atoms with Crippen molar-refractivity contribution in [1.82, 2.24) is 4.98 Å². The van der Waals surface area contributed by atoms with Crippen molar-refractivity contribution in [2.75, 3.05) is 0 Å². The second kappa shape index (κ2) is 4.65. The summed E-state index contributed by atoms with van der Waals surface area (Å²) in [6.45, 7) is 10.9. The van der Waals surface area contributed by atoms with E-state index >= 15 is 0 Å². The normalized spacial score (nSPS) is 14.0. The van der Waals surface area contributed by atoms with Crippen LogP contribution in [0.2, 0.25) is 5.04 Å². The van der Waals surface area contributed by atoms with Crippen LogP contribution in [0.3, 0.4) is 0 Å². The predicted octanol–water partition coefficient (Wildman–Crippen LogP) is 3.46. The lowest BCUT2D eigenvalue weighted by atomic mass is 10.1. The van der Waals surface area contributed by atoms with Gasteiger partial charge >= 0.3 is 0 Å². The molecule has 0 aromatic carbocycles. The highest BCUT2D eigenvalue weighted by molar-refractivity contribution is 9.10. The molecule has 0 aliphatic carbocycles. The molecule has 2 nitrogen and oxygen atoms in total. The fourth-order valence-electron chi connectivity index (χ4n) is 1.09. The number of rotatable bonds is 3. The van der Waals surface area contributed by atoms with E-state index in [0.29, 0.717) is 5.04 Å². The minimum atomic E-state index is -0.535. The van der Waals surface area contributed by atoms with Gasteiger partial charge < -0.3 is 4.43 Å². The topological polar surface area (TPSA) is 22.1 Å². The minimum absolute atomic E-state index is 0.209. The van der Waals surface area contributed by atoms with Gasteiger partial charge in [0.15, 0.2) is 9.76 Å². The molecule has 1 heterocycles. The highest BCUT2D eigenvalue weighted by Crippen LogP contribution is 2.35. The summed E-state index contributed by atoms with van der Waals surface area (Å²) in [6.07, 6.45) is 0. The van der Waals surface area contributed by atoms with Gasteiger partial charge in [-0.25, -0.2) is 4.98 Å². The summed E-state index contributed by atoms with van der Waals surface area (Å²) in [7, 11) is -0.535. The summed E-state index contributed by atoms with van der Waals surface area (Å²) in [4.78, 5) is 5.38. The van der Waals surface area contributed by atoms with Crippen molar-refractivity contribution in [3.8, 4) is 0 Å². The van der Waals surface area contributed by atoms with E-state index in [2.05, 4.69) is 55.5 Å². The molecule has 86 valence electrons. The van der Waals surface area contributed by atoms with Crippen molar-refractivity contribution in [2.45, 2.75) is 45.3 Å². The summed E-state index contributed by atoms with van der Waals surface area (Å²) in [5.74, 6) is 0. The molecule has 0 N–H and O–H groups in total. The molecule has 0 aliphatic heterocycles. The van der Waals surface area contributed by atoms with Gasteiger partial charge in [-0.3, -0.25) is 0 Å². The first kappa shape index (κ1) is 13.4. The number of hydrogen-bond acceptors (Lipinski definition) is 3. The van der Waals surface area contributed by atoms with Crippen LogP contribution in [0.4, 0.5) is 0 Å². The number of thiazole rings is 1. The molecule has 0 spiro atoms. The fraction of sp³-hybridized carbons (Fsp3) is 0.700. The molecular formula is C10H18BrNOSSi. The van der Waals surface area contributed by atoms with Crippen LogP contribution in [0.15, 0.2) is 10.1 Å². The van der Waals surface area contributed by atoms with Gasteiger partial charge in [0.2, 0.25) is 0 Å². The molecule has 15 heavy (non-hydrogen) atoms. The third-order valence-corrected chi connectivity index (χ3v) is 5.66. The Bertz CT molecular complexity index is 332. The summed E-state index contributed by atoms with van der Waals surface area (Å²) in [5, 5.41) is 0.328. The summed E-state index contributed by atoms with van der Waals surface area (Å²) < 4.78 is 7.02. The van der Waals surface area contributed by atoms with Gasteiger partial charge in [-0.05, 0) is 34.8 Å². The van der Waals surface area contributed by atoms with Crippen LogP contribution < -0.4 is 0 Å². The second-order valence-corrected chi connectivity index (χ2v) is 9.64. The van der Waals surface area contributed by atoms with E-state index in [1.807, 2.05) is 5.51 Å². The number of hydrogen-bond donors (Lipinski definition) is 0. The van der Waals surface area contributed by atoms with Gasteiger partial charge in [0, 0.05) is 0 Å². The smallest absolute Gasteiger partial charge is 0.168 e. The largest absolute Gasteiger partial charge is 0.414 e. The first-order chi connectivity index (χ1) is 6.72. The lowest BCUT2D eigenvalue weighted by Crippen LogP contribution is -2.27. The van der Waals surface area contributed by atoms with E-state index in [1.165, 1.54) is 4.88 Å². The maximum Gasteiger partial charge on any atom is 0.168 e. The van der Waals surface area contributed by atoms with E-state index in [-0.39, 0.29) is 5.60 Å². The molecule has 0 amide bonds. The molecule has 0 atom stereocenters. The van der Waals surface area contributed by atoms with Gasteiger partial charge in [-0.2, -0.15) is 0 Å². The van der Waals surface area contributed by atoms with Crippen molar-refractivity contribution < 1.29 is 4.43 Å². The zero-order valence-corrected chi connectivity index (χ0v) is 13.7. The SMILES string of the molecule is CC(C)(C)[SiH2]OC(C)(C)c1scnc1Br. The fourth-order valence-corrected chi connectivity index (χ4v) is 3.88. The Morgan fingerprint density at radius 1 is 1.33 bits per heavy atom. The van der Waals surface area contributed by atoms with E-state index in [4.69, 9.17) is 4.43 Å². The van der Waals surface area contributed by atoms with E-state index in [9.17, 15) is 0 Å². The monoisotopic (exact) mass is 307 g/mol. The minimum Gasteiger partial charge on any atom is -0.414 e. The molecule has 0 fully saturated rings. The Morgan fingerprint density at radius 3 is 2.33 bits per heavy atom. The summed E-state index contributed by atoms with van der Waals surface area (Å²) in [6, 6.07) is 0. The molecule has 0 saturated heterocycles.